The van der Waals surface area contributed by atoms with Crippen LogP contribution in [0, 0.1) is 6.92 Å². The Morgan fingerprint density at radius 2 is 1.67 bits per heavy atom. The lowest BCUT2D eigenvalue weighted by Gasteiger charge is -2.38. The van der Waals surface area contributed by atoms with Gasteiger partial charge in [-0.2, -0.15) is 0 Å². The summed E-state index contributed by atoms with van der Waals surface area (Å²) in [6.45, 7) is 4.37. The zero-order valence-corrected chi connectivity index (χ0v) is 12.3. The molecule has 1 aliphatic heterocycles. The highest BCUT2D eigenvalue weighted by atomic mass is 15.1. The van der Waals surface area contributed by atoms with Crippen molar-refractivity contribution in [1.29, 1.82) is 0 Å². The number of aromatic nitrogens is 1. The summed E-state index contributed by atoms with van der Waals surface area (Å²) in [5.74, 6) is 0. The second-order valence-electron chi connectivity index (χ2n) is 5.90. The van der Waals surface area contributed by atoms with E-state index in [0.29, 0.717) is 0 Å². The number of fused-ring (bicyclic) bond motifs is 3. The van der Waals surface area contributed by atoms with Crippen LogP contribution in [0.15, 0.2) is 66.9 Å². The van der Waals surface area contributed by atoms with Gasteiger partial charge in [-0.3, -0.25) is 0 Å². The maximum absolute atomic E-state index is 3.73. The van der Waals surface area contributed by atoms with Crippen LogP contribution in [0.2, 0.25) is 0 Å². The van der Waals surface area contributed by atoms with E-state index in [2.05, 4.69) is 90.6 Å². The third-order valence-electron chi connectivity index (χ3n) is 4.44. The first-order valence-corrected chi connectivity index (χ1v) is 7.31. The Morgan fingerprint density at radius 1 is 0.905 bits per heavy atom. The Hall–Kier alpha value is -2.48. The van der Waals surface area contributed by atoms with E-state index in [9.17, 15) is 0 Å². The molecule has 0 saturated heterocycles. The number of hydrogen-bond donors (Lipinski definition) is 1. The van der Waals surface area contributed by atoms with Gasteiger partial charge in [-0.15, -0.1) is 0 Å². The molecule has 0 spiro atoms. The van der Waals surface area contributed by atoms with Gasteiger partial charge in [0.25, 0.3) is 0 Å². The minimum Gasteiger partial charge on any atom is -0.369 e. The monoisotopic (exact) mass is 274 g/mol. The van der Waals surface area contributed by atoms with Crippen molar-refractivity contribution in [2.75, 3.05) is 5.32 Å². The summed E-state index contributed by atoms with van der Waals surface area (Å²) in [4.78, 5) is 0. The summed E-state index contributed by atoms with van der Waals surface area (Å²) in [6.07, 6.45) is 2.14. The Kier molecular flexibility index (Phi) is 2.49. The third-order valence-corrected chi connectivity index (χ3v) is 4.44. The molecule has 2 nitrogen and oxygen atoms in total. The van der Waals surface area contributed by atoms with Crippen LogP contribution in [0.3, 0.4) is 0 Å². The number of hydrogen-bond acceptors (Lipinski definition) is 1. The molecular weight excluding hydrogens is 256 g/mol. The molecule has 104 valence electrons. The van der Waals surface area contributed by atoms with E-state index in [1.807, 2.05) is 0 Å². The maximum Gasteiger partial charge on any atom is 0.101 e. The van der Waals surface area contributed by atoms with Crippen molar-refractivity contribution >= 4 is 5.69 Å². The van der Waals surface area contributed by atoms with Gasteiger partial charge >= 0.3 is 0 Å². The fourth-order valence-electron chi connectivity index (χ4n) is 3.23. The molecule has 1 aliphatic rings. The normalized spacial score (nSPS) is 19.5. The number of aryl methyl sites for hydroxylation is 1. The quantitative estimate of drug-likeness (QED) is 0.692. The van der Waals surface area contributed by atoms with E-state index >= 15 is 0 Å². The van der Waals surface area contributed by atoms with Crippen molar-refractivity contribution in [1.82, 2.24) is 4.57 Å². The smallest absolute Gasteiger partial charge is 0.101 e. The van der Waals surface area contributed by atoms with Crippen LogP contribution in [0.5, 0.6) is 0 Å². The molecule has 0 fully saturated rings. The van der Waals surface area contributed by atoms with Crippen LogP contribution in [0.4, 0.5) is 5.69 Å². The van der Waals surface area contributed by atoms with E-state index in [1.165, 1.54) is 28.2 Å². The molecule has 21 heavy (non-hydrogen) atoms. The summed E-state index contributed by atoms with van der Waals surface area (Å²) < 4.78 is 2.28. The highest BCUT2D eigenvalue weighted by Crippen LogP contribution is 2.41. The van der Waals surface area contributed by atoms with Crippen LogP contribution in [0.1, 0.15) is 23.7 Å². The molecule has 1 atom stereocenters. The Labute approximate surface area is 125 Å². The molecule has 2 heterocycles. The van der Waals surface area contributed by atoms with E-state index < -0.39 is 0 Å². The lowest BCUT2D eigenvalue weighted by Crippen LogP contribution is -2.38. The van der Waals surface area contributed by atoms with Crippen molar-refractivity contribution in [2.45, 2.75) is 19.4 Å². The Bertz CT molecular complexity index is 798. The van der Waals surface area contributed by atoms with Crippen LogP contribution >= 0.6 is 0 Å². The summed E-state index contributed by atoms with van der Waals surface area (Å²) >= 11 is 0. The van der Waals surface area contributed by atoms with Crippen molar-refractivity contribution in [2.24, 2.45) is 0 Å². The van der Waals surface area contributed by atoms with Gasteiger partial charge < -0.3 is 9.88 Å². The molecule has 1 N–H and O–H groups in total. The zero-order valence-electron chi connectivity index (χ0n) is 12.3. The average Bonchev–Trinajstić information content (AvgIpc) is 2.99. The number of benzene rings is 2. The summed E-state index contributed by atoms with van der Waals surface area (Å²) in [5, 5.41) is 3.73. The zero-order chi connectivity index (χ0) is 14.4. The third kappa shape index (κ3) is 1.72. The van der Waals surface area contributed by atoms with Crippen molar-refractivity contribution in [3.63, 3.8) is 0 Å². The van der Waals surface area contributed by atoms with Crippen molar-refractivity contribution < 1.29 is 0 Å². The molecule has 1 unspecified atom stereocenters. The first-order chi connectivity index (χ1) is 10.2. The summed E-state index contributed by atoms with van der Waals surface area (Å²) in [5.41, 5.74) is 6.00. The van der Waals surface area contributed by atoms with Crippen LogP contribution < -0.4 is 5.32 Å². The highest BCUT2D eigenvalue weighted by molar-refractivity contribution is 5.68. The molecule has 2 aromatic carbocycles. The molecule has 4 rings (SSSR count). The van der Waals surface area contributed by atoms with Gasteiger partial charge in [0.1, 0.15) is 5.54 Å². The summed E-state index contributed by atoms with van der Waals surface area (Å²) in [6, 6.07) is 21.6. The van der Waals surface area contributed by atoms with Gasteiger partial charge in [-0.25, -0.2) is 0 Å². The van der Waals surface area contributed by atoms with Gasteiger partial charge in [0.05, 0.1) is 17.1 Å². The van der Waals surface area contributed by atoms with Gasteiger partial charge in [0.2, 0.25) is 0 Å². The maximum atomic E-state index is 3.73. The van der Waals surface area contributed by atoms with Crippen molar-refractivity contribution in [3.05, 3.63) is 83.7 Å². The minimum absolute atomic E-state index is 0.217. The second-order valence-corrected chi connectivity index (χ2v) is 5.90. The SMILES string of the molecule is Cc1ccc(C2(C)Nc3ccccc3-n3cccc32)cc1. The number of nitrogens with one attached hydrogen (secondary N) is 1. The van der Waals surface area contributed by atoms with Gasteiger partial charge in [0.15, 0.2) is 0 Å². The van der Waals surface area contributed by atoms with Gasteiger partial charge in [0, 0.05) is 6.20 Å². The lowest BCUT2D eigenvalue weighted by atomic mass is 9.86. The predicted molar refractivity (Wildman–Crippen MR) is 87.0 cm³/mol. The first-order valence-electron chi connectivity index (χ1n) is 7.31. The number of rotatable bonds is 1. The summed E-state index contributed by atoms with van der Waals surface area (Å²) in [7, 11) is 0. The van der Waals surface area contributed by atoms with Crippen LogP contribution in [-0.4, -0.2) is 4.57 Å². The Balaban J connectivity index is 1.94. The highest BCUT2D eigenvalue weighted by Gasteiger charge is 2.35. The molecule has 0 bridgehead atoms. The largest absolute Gasteiger partial charge is 0.369 e. The van der Waals surface area contributed by atoms with E-state index in [1.54, 1.807) is 0 Å². The molecule has 0 radical (unpaired) electrons. The first kappa shape index (κ1) is 12.3. The minimum atomic E-state index is -0.217. The average molecular weight is 274 g/mol. The fraction of sp³-hybridized carbons (Fsp3) is 0.158. The van der Waals surface area contributed by atoms with E-state index in [-0.39, 0.29) is 5.54 Å². The lowest BCUT2D eigenvalue weighted by molar-refractivity contribution is 0.603. The van der Waals surface area contributed by atoms with Crippen LogP contribution in [0.25, 0.3) is 5.69 Å². The molecule has 3 aromatic rings. The molecule has 0 amide bonds. The molecule has 2 heteroatoms. The molecule has 0 aliphatic carbocycles. The Morgan fingerprint density at radius 3 is 2.48 bits per heavy atom. The topological polar surface area (TPSA) is 17.0 Å². The second kappa shape index (κ2) is 4.26. The number of anilines is 1. The molecule has 1 aromatic heterocycles. The predicted octanol–water partition coefficient (Wildman–Crippen LogP) is 4.47. The van der Waals surface area contributed by atoms with E-state index in [4.69, 9.17) is 0 Å². The number of para-hydroxylation sites is 2. The van der Waals surface area contributed by atoms with Gasteiger partial charge in [-0.05, 0) is 43.7 Å². The molecular formula is C19H18N2. The van der Waals surface area contributed by atoms with Gasteiger partial charge in [-0.1, -0.05) is 42.0 Å². The van der Waals surface area contributed by atoms with Crippen LogP contribution in [-0.2, 0) is 5.54 Å². The molecule has 0 saturated carbocycles. The standard InChI is InChI=1S/C19H18N2/c1-14-9-11-15(12-10-14)19(2)18-8-5-13-21(18)17-7-4-3-6-16(17)20-19/h3-13,20H,1-2H3. The number of nitrogens with zero attached hydrogens (tertiary/aromatic N) is 1. The fourth-order valence-corrected chi connectivity index (χ4v) is 3.23. The van der Waals surface area contributed by atoms with E-state index in [0.717, 1.165) is 0 Å². The van der Waals surface area contributed by atoms with Crippen molar-refractivity contribution in [3.8, 4) is 5.69 Å².